The molecule has 1 aromatic rings. The standard InChI is InChI=1S/C20H27NO6S/c1-13-11-16(17(28(6,24)25)12-15(13)18(22)26-5)14-7-9-21(10-8-14)19(23)27-20(2,3)4/h7,11-12H,8-10H2,1-6H3. The van der Waals surface area contributed by atoms with Crippen LogP contribution in [0.3, 0.4) is 0 Å². The average molecular weight is 410 g/mol. The van der Waals surface area contributed by atoms with E-state index in [0.29, 0.717) is 30.6 Å². The fourth-order valence-electron chi connectivity index (χ4n) is 2.98. The largest absolute Gasteiger partial charge is 0.465 e. The monoisotopic (exact) mass is 409 g/mol. The summed E-state index contributed by atoms with van der Waals surface area (Å²) < 4.78 is 34.8. The van der Waals surface area contributed by atoms with Gasteiger partial charge >= 0.3 is 12.1 Å². The Hall–Kier alpha value is -2.35. The maximum Gasteiger partial charge on any atom is 0.410 e. The van der Waals surface area contributed by atoms with E-state index in [1.807, 2.05) is 6.08 Å². The summed E-state index contributed by atoms with van der Waals surface area (Å²) in [5.74, 6) is -0.581. The molecule has 8 heteroatoms. The molecule has 28 heavy (non-hydrogen) atoms. The molecule has 0 radical (unpaired) electrons. The molecule has 0 N–H and O–H groups in total. The van der Waals surface area contributed by atoms with E-state index < -0.39 is 27.5 Å². The van der Waals surface area contributed by atoms with E-state index in [1.54, 1.807) is 38.7 Å². The molecule has 154 valence electrons. The van der Waals surface area contributed by atoms with Crippen LogP contribution < -0.4 is 0 Å². The summed E-state index contributed by atoms with van der Waals surface area (Å²) in [6.45, 7) is 7.89. The quantitative estimate of drug-likeness (QED) is 0.712. The number of carbonyl (C=O) groups excluding carboxylic acids is 2. The molecular formula is C20H27NO6S. The summed E-state index contributed by atoms with van der Waals surface area (Å²) in [5.41, 5.74) is 1.64. The maximum absolute atomic E-state index is 12.3. The molecule has 2 rings (SSSR count). The highest BCUT2D eigenvalue weighted by Gasteiger charge is 2.26. The van der Waals surface area contributed by atoms with Crippen LogP contribution in [0.25, 0.3) is 5.57 Å². The van der Waals surface area contributed by atoms with Gasteiger partial charge < -0.3 is 14.4 Å². The predicted molar refractivity (Wildman–Crippen MR) is 106 cm³/mol. The lowest BCUT2D eigenvalue weighted by atomic mass is 9.95. The van der Waals surface area contributed by atoms with Gasteiger partial charge in [-0.3, -0.25) is 0 Å². The highest BCUT2D eigenvalue weighted by molar-refractivity contribution is 7.90. The molecule has 1 aliphatic rings. The number of nitrogens with zero attached hydrogens (tertiary/aromatic N) is 1. The molecule has 0 atom stereocenters. The Morgan fingerprint density at radius 3 is 2.29 bits per heavy atom. The fraction of sp³-hybridized carbons (Fsp3) is 0.500. The van der Waals surface area contributed by atoms with Crippen LogP contribution in [-0.4, -0.2) is 57.4 Å². The van der Waals surface area contributed by atoms with E-state index in [0.717, 1.165) is 11.8 Å². The number of sulfone groups is 1. The maximum atomic E-state index is 12.3. The summed E-state index contributed by atoms with van der Waals surface area (Å²) in [4.78, 5) is 25.8. The molecule has 0 aromatic heterocycles. The lowest BCUT2D eigenvalue weighted by Crippen LogP contribution is -2.39. The van der Waals surface area contributed by atoms with Crippen LogP contribution in [0, 0.1) is 6.92 Å². The van der Waals surface area contributed by atoms with Gasteiger partial charge in [0.05, 0.1) is 17.6 Å². The number of hydrogen-bond donors (Lipinski definition) is 0. The Morgan fingerprint density at radius 2 is 1.82 bits per heavy atom. The molecule has 0 bridgehead atoms. The molecule has 0 unspecified atom stereocenters. The normalized spacial score (nSPS) is 15.1. The zero-order valence-electron chi connectivity index (χ0n) is 17.2. The van der Waals surface area contributed by atoms with E-state index in [9.17, 15) is 18.0 Å². The average Bonchev–Trinajstić information content (AvgIpc) is 2.58. The number of benzene rings is 1. The van der Waals surface area contributed by atoms with Crippen LogP contribution >= 0.6 is 0 Å². The van der Waals surface area contributed by atoms with Crippen LogP contribution in [0.15, 0.2) is 23.1 Å². The van der Waals surface area contributed by atoms with Gasteiger partial charge in [-0.1, -0.05) is 6.08 Å². The van der Waals surface area contributed by atoms with Gasteiger partial charge in [-0.2, -0.15) is 0 Å². The molecule has 0 saturated carbocycles. The number of amides is 1. The molecule has 1 heterocycles. The Morgan fingerprint density at radius 1 is 1.18 bits per heavy atom. The van der Waals surface area contributed by atoms with Crippen LogP contribution in [-0.2, 0) is 19.3 Å². The lowest BCUT2D eigenvalue weighted by molar-refractivity contribution is 0.0270. The van der Waals surface area contributed by atoms with Gasteiger partial charge in [0.2, 0.25) is 0 Å². The van der Waals surface area contributed by atoms with Crippen LogP contribution in [0.4, 0.5) is 4.79 Å². The second kappa shape index (κ2) is 7.95. The Balaban J connectivity index is 2.39. The van der Waals surface area contributed by atoms with E-state index in [4.69, 9.17) is 9.47 Å². The second-order valence-corrected chi connectivity index (χ2v) is 9.82. The van der Waals surface area contributed by atoms with E-state index in [2.05, 4.69) is 0 Å². The first-order valence-corrected chi connectivity index (χ1v) is 10.8. The van der Waals surface area contributed by atoms with Crippen molar-refractivity contribution in [3.63, 3.8) is 0 Å². The van der Waals surface area contributed by atoms with Gasteiger partial charge in [0.15, 0.2) is 9.84 Å². The van der Waals surface area contributed by atoms with Gasteiger partial charge in [-0.15, -0.1) is 0 Å². The zero-order valence-corrected chi connectivity index (χ0v) is 18.0. The van der Waals surface area contributed by atoms with Crippen molar-refractivity contribution in [1.29, 1.82) is 0 Å². The van der Waals surface area contributed by atoms with Gasteiger partial charge in [-0.25, -0.2) is 18.0 Å². The summed E-state index contributed by atoms with van der Waals surface area (Å²) in [6, 6.07) is 3.06. The van der Waals surface area contributed by atoms with Crippen LogP contribution in [0.2, 0.25) is 0 Å². The van der Waals surface area contributed by atoms with Crippen molar-refractivity contribution >= 4 is 27.5 Å². The number of rotatable bonds is 3. The lowest BCUT2D eigenvalue weighted by Gasteiger charge is -2.30. The number of esters is 1. The van der Waals surface area contributed by atoms with E-state index in [-0.39, 0.29) is 10.5 Å². The SMILES string of the molecule is COC(=O)c1cc(S(C)(=O)=O)c(C2=CCN(C(=O)OC(C)(C)C)CC2)cc1C. The third-order valence-electron chi connectivity index (χ3n) is 4.34. The molecule has 1 aliphatic heterocycles. The van der Waals surface area contributed by atoms with Crippen molar-refractivity contribution < 1.29 is 27.5 Å². The second-order valence-electron chi connectivity index (χ2n) is 7.83. The number of hydrogen-bond acceptors (Lipinski definition) is 6. The first-order valence-electron chi connectivity index (χ1n) is 8.94. The zero-order chi connectivity index (χ0) is 21.3. The Labute approximate surface area is 166 Å². The van der Waals surface area contributed by atoms with Crippen molar-refractivity contribution in [1.82, 2.24) is 4.90 Å². The molecule has 0 spiro atoms. The number of ether oxygens (including phenoxy) is 2. The fourth-order valence-corrected chi connectivity index (χ4v) is 3.90. The highest BCUT2D eigenvalue weighted by Crippen LogP contribution is 2.31. The van der Waals surface area contributed by atoms with Crippen molar-refractivity contribution in [2.45, 2.75) is 44.6 Å². The summed E-state index contributed by atoms with van der Waals surface area (Å²) in [7, 11) is -2.32. The van der Waals surface area contributed by atoms with Crippen molar-refractivity contribution in [2.75, 3.05) is 26.5 Å². The van der Waals surface area contributed by atoms with Crippen molar-refractivity contribution in [2.24, 2.45) is 0 Å². The minimum absolute atomic E-state index is 0.0791. The highest BCUT2D eigenvalue weighted by atomic mass is 32.2. The molecule has 1 aromatic carbocycles. The van der Waals surface area contributed by atoms with Crippen LogP contribution in [0.5, 0.6) is 0 Å². The minimum Gasteiger partial charge on any atom is -0.465 e. The molecule has 7 nitrogen and oxygen atoms in total. The van der Waals surface area contributed by atoms with E-state index in [1.165, 1.54) is 13.2 Å². The predicted octanol–water partition coefficient (Wildman–Crippen LogP) is 3.21. The molecule has 0 saturated heterocycles. The van der Waals surface area contributed by atoms with Crippen molar-refractivity contribution in [3.05, 3.63) is 34.9 Å². The summed E-state index contributed by atoms with van der Waals surface area (Å²) in [5, 5.41) is 0. The molecule has 0 aliphatic carbocycles. The number of methoxy groups -OCH3 is 1. The Bertz CT molecular complexity index is 925. The first-order chi connectivity index (χ1) is 12.8. The van der Waals surface area contributed by atoms with Gasteiger partial charge in [0.1, 0.15) is 5.60 Å². The third kappa shape index (κ3) is 5.13. The van der Waals surface area contributed by atoms with Gasteiger partial charge in [0, 0.05) is 19.3 Å². The molecule has 1 amide bonds. The van der Waals surface area contributed by atoms with Gasteiger partial charge in [-0.05, 0) is 62.9 Å². The topological polar surface area (TPSA) is 90.0 Å². The van der Waals surface area contributed by atoms with Crippen molar-refractivity contribution in [3.8, 4) is 0 Å². The number of aryl methyl sites for hydroxylation is 1. The first kappa shape index (κ1) is 21.9. The third-order valence-corrected chi connectivity index (χ3v) is 5.47. The summed E-state index contributed by atoms with van der Waals surface area (Å²) in [6.07, 6.45) is 3.02. The Kier molecular flexibility index (Phi) is 6.23. The minimum atomic E-state index is -3.57. The van der Waals surface area contributed by atoms with E-state index >= 15 is 0 Å². The van der Waals surface area contributed by atoms with Gasteiger partial charge in [0.25, 0.3) is 0 Å². The molecular weight excluding hydrogens is 382 g/mol. The number of carbonyl (C=O) groups is 2. The van der Waals surface area contributed by atoms with Crippen LogP contribution in [0.1, 0.15) is 48.7 Å². The smallest absolute Gasteiger partial charge is 0.410 e. The summed E-state index contributed by atoms with van der Waals surface area (Å²) >= 11 is 0. The molecule has 0 fully saturated rings.